The molecule has 5 nitrogen and oxygen atoms in total. The standard InChI is InChI=1S/C19H30N4O/c1-14-16-7-5-8-17(16)22-18(21-14)11-12-20-19(24)10-9-15-6-3-4-13-23(15)2/h15H,3-13H2,1-2H3,(H,20,24)/t15-/m0/s1. The molecule has 3 rings (SSSR count). The van der Waals surface area contributed by atoms with Gasteiger partial charge in [0.1, 0.15) is 5.82 Å². The first-order valence-corrected chi connectivity index (χ1v) is 9.45. The van der Waals surface area contributed by atoms with Gasteiger partial charge in [-0.1, -0.05) is 6.42 Å². The van der Waals surface area contributed by atoms with Gasteiger partial charge in [-0.25, -0.2) is 9.97 Å². The average Bonchev–Trinajstić information content (AvgIpc) is 3.03. The number of carbonyl (C=O) groups excluding carboxylic acids is 1. The predicted molar refractivity (Wildman–Crippen MR) is 95.0 cm³/mol. The van der Waals surface area contributed by atoms with Crippen molar-refractivity contribution in [2.45, 2.75) is 70.8 Å². The van der Waals surface area contributed by atoms with E-state index in [1.54, 1.807) is 0 Å². The maximum Gasteiger partial charge on any atom is 0.220 e. The molecule has 24 heavy (non-hydrogen) atoms. The van der Waals surface area contributed by atoms with Crippen LogP contribution in [0.2, 0.25) is 0 Å². The third kappa shape index (κ3) is 4.32. The normalized spacial score (nSPS) is 20.8. The first kappa shape index (κ1) is 17.3. The van der Waals surface area contributed by atoms with Crippen LogP contribution >= 0.6 is 0 Å². The zero-order valence-electron chi connectivity index (χ0n) is 15.1. The molecule has 1 amide bonds. The van der Waals surface area contributed by atoms with Gasteiger partial charge in [-0.2, -0.15) is 0 Å². The molecule has 1 aromatic heterocycles. The second-order valence-corrected chi connectivity index (χ2v) is 7.27. The van der Waals surface area contributed by atoms with E-state index in [9.17, 15) is 4.79 Å². The fourth-order valence-corrected chi connectivity index (χ4v) is 4.00. The van der Waals surface area contributed by atoms with E-state index in [2.05, 4.69) is 34.2 Å². The molecule has 5 heteroatoms. The number of nitrogens with one attached hydrogen (secondary N) is 1. The molecular formula is C19H30N4O. The molecule has 0 unspecified atom stereocenters. The molecule has 0 saturated carbocycles. The van der Waals surface area contributed by atoms with Crippen molar-refractivity contribution in [3.05, 3.63) is 22.8 Å². The van der Waals surface area contributed by atoms with Crippen LogP contribution in [0.4, 0.5) is 0 Å². The largest absolute Gasteiger partial charge is 0.356 e. The van der Waals surface area contributed by atoms with Crippen LogP contribution in [0.3, 0.4) is 0 Å². The number of hydrogen-bond donors (Lipinski definition) is 1. The minimum Gasteiger partial charge on any atom is -0.356 e. The number of rotatable bonds is 6. The highest BCUT2D eigenvalue weighted by Gasteiger charge is 2.20. The van der Waals surface area contributed by atoms with E-state index in [0.29, 0.717) is 19.0 Å². The summed E-state index contributed by atoms with van der Waals surface area (Å²) in [6, 6.07) is 0.576. The molecule has 2 aliphatic rings. The van der Waals surface area contributed by atoms with Gasteiger partial charge in [0.2, 0.25) is 5.91 Å². The Labute approximate surface area is 145 Å². The van der Waals surface area contributed by atoms with Gasteiger partial charge in [-0.05, 0) is 64.6 Å². The number of likely N-dealkylation sites (tertiary alicyclic amines) is 1. The van der Waals surface area contributed by atoms with E-state index in [0.717, 1.165) is 37.2 Å². The van der Waals surface area contributed by atoms with Crippen molar-refractivity contribution in [1.82, 2.24) is 20.2 Å². The number of fused-ring (bicyclic) bond motifs is 1. The van der Waals surface area contributed by atoms with Gasteiger partial charge < -0.3 is 10.2 Å². The van der Waals surface area contributed by atoms with Gasteiger partial charge in [0.15, 0.2) is 0 Å². The Kier molecular flexibility index (Phi) is 5.82. The summed E-state index contributed by atoms with van der Waals surface area (Å²) in [5, 5.41) is 3.04. The van der Waals surface area contributed by atoms with E-state index in [1.165, 1.54) is 43.5 Å². The number of nitrogens with zero attached hydrogens (tertiary/aromatic N) is 3. The van der Waals surface area contributed by atoms with Crippen LogP contribution in [0, 0.1) is 6.92 Å². The Balaban J connectivity index is 1.40. The van der Waals surface area contributed by atoms with Crippen molar-refractivity contribution in [3.63, 3.8) is 0 Å². The third-order valence-electron chi connectivity index (χ3n) is 5.48. The lowest BCUT2D eigenvalue weighted by Crippen LogP contribution is -2.37. The number of aryl methyl sites for hydroxylation is 2. The molecule has 0 radical (unpaired) electrons. The lowest BCUT2D eigenvalue weighted by molar-refractivity contribution is -0.121. The Morgan fingerprint density at radius 2 is 2.12 bits per heavy atom. The van der Waals surface area contributed by atoms with Gasteiger partial charge in [0, 0.05) is 36.8 Å². The Hall–Kier alpha value is -1.49. The summed E-state index contributed by atoms with van der Waals surface area (Å²) in [6.45, 7) is 3.88. The monoisotopic (exact) mass is 330 g/mol. The molecular weight excluding hydrogens is 300 g/mol. The van der Waals surface area contributed by atoms with E-state index in [-0.39, 0.29) is 5.91 Å². The zero-order valence-corrected chi connectivity index (χ0v) is 15.1. The molecule has 132 valence electrons. The van der Waals surface area contributed by atoms with Crippen LogP contribution in [-0.2, 0) is 24.1 Å². The maximum atomic E-state index is 12.1. The van der Waals surface area contributed by atoms with Gasteiger partial charge in [0.05, 0.1) is 0 Å². The van der Waals surface area contributed by atoms with Crippen LogP contribution in [0.15, 0.2) is 0 Å². The van der Waals surface area contributed by atoms with Crippen molar-refractivity contribution in [2.24, 2.45) is 0 Å². The summed E-state index contributed by atoms with van der Waals surface area (Å²) in [6.07, 6.45) is 9.53. The number of amides is 1. The van der Waals surface area contributed by atoms with Crippen LogP contribution in [0.25, 0.3) is 0 Å². The number of carbonyl (C=O) groups is 1. The van der Waals surface area contributed by atoms with E-state index >= 15 is 0 Å². The van der Waals surface area contributed by atoms with Crippen molar-refractivity contribution in [2.75, 3.05) is 20.1 Å². The number of hydrogen-bond acceptors (Lipinski definition) is 4. The minimum atomic E-state index is 0.159. The van der Waals surface area contributed by atoms with Crippen molar-refractivity contribution >= 4 is 5.91 Å². The molecule has 1 saturated heterocycles. The molecule has 1 aliphatic heterocycles. The van der Waals surface area contributed by atoms with Gasteiger partial charge in [-0.15, -0.1) is 0 Å². The summed E-state index contributed by atoms with van der Waals surface area (Å²) in [5.41, 5.74) is 3.70. The molecule has 1 N–H and O–H groups in total. The van der Waals surface area contributed by atoms with E-state index in [4.69, 9.17) is 0 Å². The lowest BCUT2D eigenvalue weighted by Gasteiger charge is -2.32. The van der Waals surface area contributed by atoms with Crippen LogP contribution < -0.4 is 5.32 Å². The third-order valence-corrected chi connectivity index (χ3v) is 5.48. The smallest absolute Gasteiger partial charge is 0.220 e. The highest BCUT2D eigenvalue weighted by molar-refractivity contribution is 5.75. The Morgan fingerprint density at radius 1 is 1.25 bits per heavy atom. The quantitative estimate of drug-likeness (QED) is 0.869. The fourth-order valence-electron chi connectivity index (χ4n) is 4.00. The summed E-state index contributed by atoms with van der Waals surface area (Å²) in [4.78, 5) is 23.7. The van der Waals surface area contributed by atoms with Crippen molar-refractivity contribution in [1.29, 1.82) is 0 Å². The second-order valence-electron chi connectivity index (χ2n) is 7.27. The van der Waals surface area contributed by atoms with Gasteiger partial charge >= 0.3 is 0 Å². The van der Waals surface area contributed by atoms with E-state index in [1.807, 2.05) is 0 Å². The molecule has 0 aromatic carbocycles. The Bertz CT molecular complexity index is 587. The summed E-state index contributed by atoms with van der Waals surface area (Å²) in [7, 11) is 2.18. The molecule has 2 heterocycles. The van der Waals surface area contributed by atoms with Crippen LogP contribution in [-0.4, -0.2) is 47.0 Å². The summed E-state index contributed by atoms with van der Waals surface area (Å²) >= 11 is 0. The average molecular weight is 330 g/mol. The summed E-state index contributed by atoms with van der Waals surface area (Å²) in [5.74, 6) is 1.03. The molecule has 0 bridgehead atoms. The highest BCUT2D eigenvalue weighted by atomic mass is 16.1. The lowest BCUT2D eigenvalue weighted by atomic mass is 9.98. The molecule has 1 atom stereocenters. The van der Waals surface area contributed by atoms with Crippen molar-refractivity contribution < 1.29 is 4.79 Å². The molecule has 1 aromatic rings. The summed E-state index contributed by atoms with van der Waals surface area (Å²) < 4.78 is 0. The number of piperidine rings is 1. The predicted octanol–water partition coefficient (Wildman–Crippen LogP) is 2.20. The van der Waals surface area contributed by atoms with Crippen molar-refractivity contribution in [3.8, 4) is 0 Å². The maximum absolute atomic E-state index is 12.1. The SMILES string of the molecule is Cc1nc(CCNC(=O)CC[C@@H]2CCCCN2C)nc2c1CCC2. The van der Waals surface area contributed by atoms with E-state index < -0.39 is 0 Å². The van der Waals surface area contributed by atoms with Gasteiger partial charge in [0.25, 0.3) is 0 Å². The van der Waals surface area contributed by atoms with Crippen LogP contribution in [0.5, 0.6) is 0 Å². The second kappa shape index (κ2) is 8.06. The number of aromatic nitrogens is 2. The zero-order chi connectivity index (χ0) is 16.9. The fraction of sp³-hybridized carbons (Fsp3) is 0.737. The van der Waals surface area contributed by atoms with Gasteiger partial charge in [-0.3, -0.25) is 4.79 Å². The Morgan fingerprint density at radius 3 is 2.96 bits per heavy atom. The minimum absolute atomic E-state index is 0.159. The molecule has 0 spiro atoms. The topological polar surface area (TPSA) is 58.1 Å². The first-order chi connectivity index (χ1) is 11.6. The highest BCUT2D eigenvalue weighted by Crippen LogP contribution is 2.22. The van der Waals surface area contributed by atoms with Crippen LogP contribution in [0.1, 0.15) is 61.3 Å². The molecule has 1 fully saturated rings. The molecule has 1 aliphatic carbocycles. The first-order valence-electron chi connectivity index (χ1n) is 9.45.